The second kappa shape index (κ2) is 11.2. The highest BCUT2D eigenvalue weighted by molar-refractivity contribution is 6.25. The first-order chi connectivity index (χ1) is 24.7. The third-order valence-corrected chi connectivity index (χ3v) is 10.9. The molecule has 7 aromatic carbocycles. The maximum absolute atomic E-state index is 6.13. The summed E-state index contributed by atoms with van der Waals surface area (Å²) in [5.74, 6) is 0.295. The Morgan fingerprint density at radius 1 is 0.600 bits per heavy atom. The van der Waals surface area contributed by atoms with Crippen LogP contribution in [0.3, 0.4) is 0 Å². The van der Waals surface area contributed by atoms with Crippen LogP contribution in [0.5, 0.6) is 0 Å². The first kappa shape index (κ1) is 28.9. The van der Waals surface area contributed by atoms with Crippen molar-refractivity contribution in [2.24, 2.45) is 0 Å². The lowest BCUT2D eigenvalue weighted by Gasteiger charge is -2.20. The van der Waals surface area contributed by atoms with E-state index in [1.54, 1.807) is 0 Å². The highest BCUT2D eigenvalue weighted by Gasteiger charge is 2.25. The van der Waals surface area contributed by atoms with Gasteiger partial charge in [0, 0.05) is 33.8 Å². The van der Waals surface area contributed by atoms with Gasteiger partial charge in [-0.2, -0.15) is 0 Å². The third kappa shape index (κ3) is 4.35. The van der Waals surface area contributed by atoms with Gasteiger partial charge in [0.15, 0.2) is 0 Å². The fourth-order valence-electron chi connectivity index (χ4n) is 8.46. The van der Waals surface area contributed by atoms with Gasteiger partial charge in [-0.1, -0.05) is 109 Å². The molecule has 2 nitrogen and oxygen atoms in total. The predicted octanol–water partition coefficient (Wildman–Crippen LogP) is 13.2. The maximum Gasteiger partial charge on any atom is 0.135 e. The molecule has 0 radical (unpaired) electrons. The van der Waals surface area contributed by atoms with Crippen LogP contribution in [0.15, 0.2) is 150 Å². The number of hydrogen-bond donors (Lipinski definition) is 0. The van der Waals surface area contributed by atoms with Gasteiger partial charge in [-0.15, -0.1) is 0 Å². The Morgan fingerprint density at radius 3 is 2.02 bits per heavy atom. The fourth-order valence-corrected chi connectivity index (χ4v) is 8.46. The smallest absolute Gasteiger partial charge is 0.135 e. The largest absolute Gasteiger partial charge is 0.456 e. The number of nitrogens with zero attached hydrogens (tertiary/aromatic N) is 1. The number of hydrogen-bond acceptors (Lipinski definition) is 1. The predicted molar refractivity (Wildman–Crippen MR) is 212 cm³/mol. The van der Waals surface area contributed by atoms with Gasteiger partial charge in [-0.05, 0) is 129 Å². The van der Waals surface area contributed by atoms with Crippen LogP contribution in [-0.2, 0) is 6.42 Å². The first-order valence-corrected chi connectivity index (χ1v) is 17.6. The maximum atomic E-state index is 6.13. The Kier molecular flexibility index (Phi) is 6.47. The Hall–Kier alpha value is -6.12. The molecule has 0 N–H and O–H groups in total. The number of para-hydroxylation sites is 1. The van der Waals surface area contributed by atoms with E-state index in [0.717, 1.165) is 17.6 Å². The molecule has 2 heterocycles. The molecule has 50 heavy (non-hydrogen) atoms. The lowest BCUT2D eigenvalue weighted by atomic mass is 9.86. The van der Waals surface area contributed by atoms with Crippen LogP contribution >= 0.6 is 0 Å². The number of benzene rings is 7. The molecule has 1 atom stereocenters. The van der Waals surface area contributed by atoms with Gasteiger partial charge in [0.05, 0.1) is 0 Å². The molecule has 1 unspecified atom stereocenters. The molecule has 10 rings (SSSR count). The highest BCUT2D eigenvalue weighted by atomic mass is 16.3. The molecular formula is C48H35NO. The molecule has 0 saturated carbocycles. The molecule has 0 spiro atoms. The quantitative estimate of drug-likeness (QED) is 0.175. The summed E-state index contributed by atoms with van der Waals surface area (Å²) in [6, 6.07) is 48.7. The molecule has 1 aliphatic rings. The van der Waals surface area contributed by atoms with E-state index >= 15 is 0 Å². The van der Waals surface area contributed by atoms with Crippen molar-refractivity contribution in [3.8, 4) is 16.8 Å². The fraction of sp³-hybridized carbons (Fsp3) is 0.0833. The summed E-state index contributed by atoms with van der Waals surface area (Å²) in [4.78, 5) is 0. The average Bonchev–Trinajstić information content (AvgIpc) is 3.68. The number of fused-ring (bicyclic) bond motifs is 10. The van der Waals surface area contributed by atoms with Crippen LogP contribution in [0.25, 0.3) is 83.2 Å². The lowest BCUT2D eigenvalue weighted by molar-refractivity contribution is 0.668. The van der Waals surface area contributed by atoms with Crippen LogP contribution in [0, 0.1) is 6.92 Å². The monoisotopic (exact) mass is 641 g/mol. The van der Waals surface area contributed by atoms with E-state index in [4.69, 9.17) is 4.42 Å². The van der Waals surface area contributed by atoms with Crippen molar-refractivity contribution in [3.05, 3.63) is 174 Å². The van der Waals surface area contributed by atoms with Crippen LogP contribution in [-0.4, -0.2) is 4.57 Å². The number of aromatic nitrogens is 1. The third-order valence-electron chi connectivity index (χ3n) is 10.9. The summed E-state index contributed by atoms with van der Waals surface area (Å²) in [7, 11) is 0. The topological polar surface area (TPSA) is 18.1 Å². The van der Waals surface area contributed by atoms with Crippen LogP contribution in [0.2, 0.25) is 0 Å². The van der Waals surface area contributed by atoms with E-state index in [1.807, 2.05) is 6.07 Å². The molecule has 0 aliphatic heterocycles. The average molecular weight is 642 g/mol. The molecule has 0 saturated heterocycles. The summed E-state index contributed by atoms with van der Waals surface area (Å²) in [6.45, 7) is 4.40. The van der Waals surface area contributed by atoms with Gasteiger partial charge in [0.2, 0.25) is 0 Å². The summed E-state index contributed by atoms with van der Waals surface area (Å²) in [5, 5.41) is 10.2. The van der Waals surface area contributed by atoms with E-state index in [-0.39, 0.29) is 0 Å². The normalized spacial score (nSPS) is 14.6. The zero-order valence-electron chi connectivity index (χ0n) is 28.2. The Labute approximate surface area is 291 Å². The van der Waals surface area contributed by atoms with E-state index in [0.29, 0.717) is 5.92 Å². The number of furan rings is 1. The number of allylic oxidation sites excluding steroid dienone is 2. The molecule has 238 valence electrons. The zero-order valence-corrected chi connectivity index (χ0v) is 28.2. The first-order valence-electron chi connectivity index (χ1n) is 17.6. The molecule has 0 fully saturated rings. The number of rotatable bonds is 4. The minimum absolute atomic E-state index is 0.295. The summed E-state index contributed by atoms with van der Waals surface area (Å²) < 4.78 is 8.59. The molecule has 2 heteroatoms. The van der Waals surface area contributed by atoms with Gasteiger partial charge in [0.1, 0.15) is 11.2 Å². The molecule has 0 bridgehead atoms. The molecule has 1 aliphatic carbocycles. The van der Waals surface area contributed by atoms with Crippen molar-refractivity contribution in [1.82, 2.24) is 4.57 Å². The Morgan fingerprint density at radius 2 is 1.26 bits per heavy atom. The standard InChI is InChI=1S/C48H35NO/c1-3-11-45-30(2)42-27-33(34-22-25-48-44(29-34)41-18-8-9-19-47(41)50-48)21-24-46(42)49(45)35-13-10-12-31(26-35)32-20-23-40-38-16-5-4-14-36(38)37-15-6-7-17-39(37)43(40)28-32/h3-26,28-29,33H,27H2,1-2H3/b11-3-. The molecular weight excluding hydrogens is 607 g/mol. The van der Waals surface area contributed by atoms with Gasteiger partial charge in [-0.25, -0.2) is 0 Å². The summed E-state index contributed by atoms with van der Waals surface area (Å²) in [6.07, 6.45) is 10.1. The Balaban J connectivity index is 1.08. The van der Waals surface area contributed by atoms with E-state index in [1.165, 1.54) is 88.0 Å². The lowest BCUT2D eigenvalue weighted by Crippen LogP contribution is -2.08. The summed E-state index contributed by atoms with van der Waals surface area (Å²) >= 11 is 0. The summed E-state index contributed by atoms with van der Waals surface area (Å²) in [5.41, 5.74) is 12.1. The van der Waals surface area contributed by atoms with Crippen molar-refractivity contribution in [3.63, 3.8) is 0 Å². The van der Waals surface area contributed by atoms with Crippen molar-refractivity contribution in [1.29, 1.82) is 0 Å². The molecule has 0 amide bonds. The highest BCUT2D eigenvalue weighted by Crippen LogP contribution is 2.41. The minimum Gasteiger partial charge on any atom is -0.456 e. The second-order valence-corrected chi connectivity index (χ2v) is 13.6. The van der Waals surface area contributed by atoms with Gasteiger partial charge >= 0.3 is 0 Å². The Bertz CT molecular complexity index is 2840. The van der Waals surface area contributed by atoms with Crippen LogP contribution in [0.1, 0.15) is 40.9 Å². The van der Waals surface area contributed by atoms with Gasteiger partial charge in [0.25, 0.3) is 0 Å². The molecule has 9 aromatic rings. The second-order valence-electron chi connectivity index (χ2n) is 13.6. The molecule has 2 aromatic heterocycles. The minimum atomic E-state index is 0.295. The van der Waals surface area contributed by atoms with Crippen molar-refractivity contribution >= 4 is 66.4 Å². The van der Waals surface area contributed by atoms with Crippen molar-refractivity contribution in [2.45, 2.75) is 26.2 Å². The van der Waals surface area contributed by atoms with Crippen molar-refractivity contribution in [2.75, 3.05) is 0 Å². The van der Waals surface area contributed by atoms with Crippen LogP contribution < -0.4 is 0 Å². The van der Waals surface area contributed by atoms with E-state index < -0.39 is 0 Å². The SMILES string of the molecule is C/C=C\c1c(C)c2c(n1-c1cccc(-c3ccc4c5ccccc5c5ccccc5c4c3)c1)C=CC(c1ccc3oc4ccccc4c3c1)C2. The van der Waals surface area contributed by atoms with E-state index in [2.05, 4.69) is 170 Å². The van der Waals surface area contributed by atoms with Crippen molar-refractivity contribution < 1.29 is 4.42 Å². The van der Waals surface area contributed by atoms with E-state index in [9.17, 15) is 0 Å². The zero-order chi connectivity index (χ0) is 33.3. The van der Waals surface area contributed by atoms with Crippen LogP contribution in [0.4, 0.5) is 0 Å². The van der Waals surface area contributed by atoms with Gasteiger partial charge in [-0.3, -0.25) is 0 Å². The van der Waals surface area contributed by atoms with Gasteiger partial charge < -0.3 is 8.98 Å².